The number of benzene rings is 1. The lowest BCUT2D eigenvalue weighted by Crippen LogP contribution is -2.03. The van der Waals surface area contributed by atoms with Crippen LogP contribution in [0.1, 0.15) is 15.9 Å². The van der Waals surface area contributed by atoms with E-state index in [1.54, 1.807) is 38.5 Å². The summed E-state index contributed by atoms with van der Waals surface area (Å²) in [4.78, 5) is 12.2. The van der Waals surface area contributed by atoms with E-state index in [4.69, 9.17) is 9.47 Å². The molecule has 1 heterocycles. The molecule has 2 rings (SSSR count). The highest BCUT2D eigenvalue weighted by atomic mass is 32.1. The summed E-state index contributed by atoms with van der Waals surface area (Å²) in [5, 5.41) is 3.70. The van der Waals surface area contributed by atoms with Gasteiger partial charge in [-0.3, -0.25) is 4.79 Å². The van der Waals surface area contributed by atoms with Crippen LogP contribution in [0.25, 0.3) is 0 Å². The van der Waals surface area contributed by atoms with E-state index in [9.17, 15) is 4.79 Å². The lowest BCUT2D eigenvalue weighted by molar-refractivity contribution is 0.103. The number of methoxy groups -OCH3 is 2. The van der Waals surface area contributed by atoms with Crippen LogP contribution in [0.15, 0.2) is 35.0 Å². The van der Waals surface area contributed by atoms with Gasteiger partial charge in [-0.05, 0) is 29.6 Å². The first-order chi connectivity index (χ1) is 8.26. The molecule has 0 unspecified atom stereocenters. The maximum Gasteiger partial charge on any atom is 0.197 e. The largest absolute Gasteiger partial charge is 0.497 e. The first-order valence-corrected chi connectivity index (χ1v) is 5.99. The monoisotopic (exact) mass is 248 g/mol. The standard InChI is InChI=1S/C13H12O3S/c1-15-10-3-4-12(16-2)11(7-10)13(14)9-5-6-17-8-9/h3-8H,1-2H3. The molecule has 0 spiro atoms. The molecule has 0 saturated heterocycles. The number of ether oxygens (including phenoxy) is 2. The number of hydrogen-bond donors (Lipinski definition) is 0. The second-order valence-electron chi connectivity index (χ2n) is 3.41. The summed E-state index contributed by atoms with van der Waals surface area (Å²) in [6.45, 7) is 0. The molecule has 0 saturated carbocycles. The van der Waals surface area contributed by atoms with Crippen molar-refractivity contribution in [1.29, 1.82) is 0 Å². The van der Waals surface area contributed by atoms with Gasteiger partial charge in [0.2, 0.25) is 0 Å². The number of hydrogen-bond acceptors (Lipinski definition) is 4. The summed E-state index contributed by atoms with van der Waals surface area (Å²) in [5.74, 6) is 1.15. The second-order valence-corrected chi connectivity index (χ2v) is 4.19. The van der Waals surface area contributed by atoms with Gasteiger partial charge in [-0.1, -0.05) is 0 Å². The van der Waals surface area contributed by atoms with Crippen LogP contribution >= 0.6 is 11.3 Å². The molecule has 0 aliphatic rings. The third-order valence-electron chi connectivity index (χ3n) is 2.43. The molecule has 2 aromatic rings. The highest BCUT2D eigenvalue weighted by Gasteiger charge is 2.15. The van der Waals surface area contributed by atoms with Gasteiger partial charge in [0.15, 0.2) is 5.78 Å². The Hall–Kier alpha value is -1.81. The minimum atomic E-state index is -0.0537. The van der Waals surface area contributed by atoms with Crippen molar-refractivity contribution in [3.8, 4) is 11.5 Å². The highest BCUT2D eigenvalue weighted by Crippen LogP contribution is 2.26. The van der Waals surface area contributed by atoms with E-state index in [2.05, 4.69) is 0 Å². The fraction of sp³-hybridized carbons (Fsp3) is 0.154. The van der Waals surface area contributed by atoms with Crippen molar-refractivity contribution in [2.75, 3.05) is 14.2 Å². The van der Waals surface area contributed by atoms with Crippen LogP contribution in [-0.4, -0.2) is 20.0 Å². The fourth-order valence-corrected chi connectivity index (χ4v) is 2.18. The van der Waals surface area contributed by atoms with E-state index in [0.29, 0.717) is 22.6 Å². The van der Waals surface area contributed by atoms with Gasteiger partial charge in [0.25, 0.3) is 0 Å². The molecule has 17 heavy (non-hydrogen) atoms. The Balaban J connectivity index is 2.45. The molecule has 0 aliphatic carbocycles. The van der Waals surface area contributed by atoms with Crippen molar-refractivity contribution in [2.24, 2.45) is 0 Å². The van der Waals surface area contributed by atoms with Crippen molar-refractivity contribution in [3.05, 3.63) is 46.2 Å². The molecule has 0 amide bonds. The molecule has 0 aliphatic heterocycles. The third kappa shape index (κ3) is 2.31. The number of rotatable bonds is 4. The molecular weight excluding hydrogens is 236 g/mol. The number of carbonyl (C=O) groups is 1. The smallest absolute Gasteiger partial charge is 0.197 e. The zero-order chi connectivity index (χ0) is 12.3. The highest BCUT2D eigenvalue weighted by molar-refractivity contribution is 7.08. The number of thiophene rings is 1. The topological polar surface area (TPSA) is 35.5 Å². The maximum atomic E-state index is 12.2. The summed E-state index contributed by atoms with van der Waals surface area (Å²) in [7, 11) is 3.12. The molecule has 1 aromatic carbocycles. The molecule has 4 heteroatoms. The Bertz CT molecular complexity index is 517. The number of carbonyl (C=O) groups excluding carboxylic acids is 1. The molecule has 0 N–H and O–H groups in total. The van der Waals surface area contributed by atoms with Crippen LogP contribution in [0.3, 0.4) is 0 Å². The van der Waals surface area contributed by atoms with Gasteiger partial charge in [0, 0.05) is 10.9 Å². The third-order valence-corrected chi connectivity index (χ3v) is 3.12. The average Bonchev–Trinajstić information content (AvgIpc) is 2.91. The van der Waals surface area contributed by atoms with Crippen LogP contribution in [0, 0.1) is 0 Å². The van der Waals surface area contributed by atoms with E-state index in [1.807, 2.05) is 10.8 Å². The van der Waals surface area contributed by atoms with Crippen LogP contribution < -0.4 is 9.47 Å². The van der Waals surface area contributed by atoms with Crippen molar-refractivity contribution in [3.63, 3.8) is 0 Å². The molecule has 0 radical (unpaired) electrons. The summed E-state index contributed by atoms with van der Waals surface area (Å²) in [6.07, 6.45) is 0. The summed E-state index contributed by atoms with van der Waals surface area (Å²) < 4.78 is 10.3. The summed E-state index contributed by atoms with van der Waals surface area (Å²) >= 11 is 1.49. The minimum absolute atomic E-state index is 0.0537. The van der Waals surface area contributed by atoms with Gasteiger partial charge in [-0.15, -0.1) is 0 Å². The fourth-order valence-electron chi connectivity index (χ4n) is 1.54. The van der Waals surface area contributed by atoms with Crippen LogP contribution in [0.2, 0.25) is 0 Å². The second kappa shape index (κ2) is 5.01. The van der Waals surface area contributed by atoms with Crippen molar-refractivity contribution < 1.29 is 14.3 Å². The van der Waals surface area contributed by atoms with Crippen LogP contribution in [-0.2, 0) is 0 Å². The van der Waals surface area contributed by atoms with E-state index in [1.165, 1.54) is 11.3 Å². The van der Waals surface area contributed by atoms with E-state index >= 15 is 0 Å². The molecule has 0 atom stereocenters. The summed E-state index contributed by atoms with van der Waals surface area (Å²) in [6, 6.07) is 6.99. The Morgan fingerprint density at radius 1 is 1.18 bits per heavy atom. The first kappa shape index (κ1) is 11.7. The Morgan fingerprint density at radius 2 is 2.00 bits per heavy atom. The summed E-state index contributed by atoms with van der Waals surface area (Å²) in [5.41, 5.74) is 1.19. The van der Waals surface area contributed by atoms with Gasteiger partial charge >= 0.3 is 0 Å². The minimum Gasteiger partial charge on any atom is -0.497 e. The molecule has 0 fully saturated rings. The molecule has 1 aromatic heterocycles. The van der Waals surface area contributed by atoms with Gasteiger partial charge in [-0.25, -0.2) is 0 Å². The Labute approximate surface area is 104 Å². The predicted molar refractivity (Wildman–Crippen MR) is 67.3 cm³/mol. The van der Waals surface area contributed by atoms with E-state index in [0.717, 1.165) is 0 Å². The van der Waals surface area contributed by atoms with Gasteiger partial charge in [0.1, 0.15) is 11.5 Å². The van der Waals surface area contributed by atoms with Crippen molar-refractivity contribution in [2.45, 2.75) is 0 Å². The van der Waals surface area contributed by atoms with E-state index < -0.39 is 0 Å². The lowest BCUT2D eigenvalue weighted by atomic mass is 10.0. The van der Waals surface area contributed by atoms with E-state index in [-0.39, 0.29) is 5.78 Å². The lowest BCUT2D eigenvalue weighted by Gasteiger charge is -2.08. The zero-order valence-corrected chi connectivity index (χ0v) is 10.4. The molecule has 88 valence electrons. The number of ketones is 1. The maximum absolute atomic E-state index is 12.2. The van der Waals surface area contributed by atoms with Gasteiger partial charge in [0.05, 0.1) is 19.8 Å². The quantitative estimate of drug-likeness (QED) is 0.780. The Morgan fingerprint density at radius 3 is 2.59 bits per heavy atom. The van der Waals surface area contributed by atoms with Crippen LogP contribution in [0.4, 0.5) is 0 Å². The van der Waals surface area contributed by atoms with Gasteiger partial charge < -0.3 is 9.47 Å². The predicted octanol–water partition coefficient (Wildman–Crippen LogP) is 3.00. The first-order valence-electron chi connectivity index (χ1n) is 5.05. The van der Waals surface area contributed by atoms with Crippen LogP contribution in [0.5, 0.6) is 11.5 Å². The normalized spacial score (nSPS) is 10.0. The molecule has 0 bridgehead atoms. The Kier molecular flexibility index (Phi) is 3.44. The van der Waals surface area contributed by atoms with Gasteiger partial charge in [-0.2, -0.15) is 11.3 Å². The van der Waals surface area contributed by atoms with Crippen molar-refractivity contribution >= 4 is 17.1 Å². The molecular formula is C13H12O3S. The zero-order valence-electron chi connectivity index (χ0n) is 9.60. The van der Waals surface area contributed by atoms with Crippen molar-refractivity contribution in [1.82, 2.24) is 0 Å². The average molecular weight is 248 g/mol. The SMILES string of the molecule is COc1ccc(OC)c(C(=O)c2ccsc2)c1. The molecule has 3 nitrogen and oxygen atoms in total.